The van der Waals surface area contributed by atoms with Crippen molar-refractivity contribution in [2.45, 2.75) is 12.0 Å². The molecule has 2 atom stereocenters. The van der Waals surface area contributed by atoms with Crippen LogP contribution in [0.1, 0.15) is 23.1 Å². The summed E-state index contributed by atoms with van der Waals surface area (Å²) in [6, 6.07) is 16.0. The number of rotatable bonds is 5. The van der Waals surface area contributed by atoms with E-state index in [4.69, 9.17) is 0 Å². The Morgan fingerprint density at radius 1 is 0.950 bits per heavy atom. The van der Waals surface area contributed by atoms with Crippen molar-refractivity contribution in [1.82, 2.24) is 4.90 Å². The summed E-state index contributed by atoms with van der Waals surface area (Å²) in [4.78, 5) is 2.05. The van der Waals surface area contributed by atoms with E-state index in [-0.39, 0.29) is 11.7 Å². The second kappa shape index (κ2) is 6.64. The smallest absolute Gasteiger partial charge is 0.123 e. The molecule has 0 spiro atoms. The molecule has 2 aromatic carbocycles. The Hall–Kier alpha value is -1.71. The van der Waals surface area contributed by atoms with Crippen LogP contribution in [0.2, 0.25) is 0 Å². The molecule has 0 bridgehead atoms. The van der Waals surface area contributed by atoms with E-state index in [1.165, 1.54) is 12.1 Å². The number of hydrogen-bond donors (Lipinski definition) is 1. The van der Waals surface area contributed by atoms with Crippen LogP contribution in [0.25, 0.3) is 0 Å². The lowest BCUT2D eigenvalue weighted by atomic mass is 9.89. The van der Waals surface area contributed by atoms with Crippen LogP contribution in [0.4, 0.5) is 4.39 Å². The number of benzene rings is 2. The number of halogens is 1. The molecule has 2 nitrogen and oxygen atoms in total. The highest BCUT2D eigenvalue weighted by Crippen LogP contribution is 2.31. The highest BCUT2D eigenvalue weighted by molar-refractivity contribution is 5.27. The van der Waals surface area contributed by atoms with Gasteiger partial charge in [-0.05, 0) is 37.4 Å². The third-order valence-electron chi connectivity index (χ3n) is 3.38. The molecule has 0 aliphatic heterocycles. The molecular formula is C17H20FNO. The predicted octanol–water partition coefficient (Wildman–Crippen LogP) is 3.20. The summed E-state index contributed by atoms with van der Waals surface area (Å²) < 4.78 is 13.0. The SMILES string of the molecule is CN(C)C[C@H](c1ccccc1)[C@H](O)c1ccc(F)cc1. The summed E-state index contributed by atoms with van der Waals surface area (Å²) in [5, 5.41) is 10.6. The molecule has 1 N–H and O–H groups in total. The van der Waals surface area contributed by atoms with E-state index < -0.39 is 6.10 Å². The maximum absolute atomic E-state index is 13.0. The summed E-state index contributed by atoms with van der Waals surface area (Å²) >= 11 is 0. The van der Waals surface area contributed by atoms with E-state index in [0.29, 0.717) is 0 Å². The largest absolute Gasteiger partial charge is 0.388 e. The third kappa shape index (κ3) is 3.65. The second-order valence-electron chi connectivity index (χ2n) is 5.28. The van der Waals surface area contributed by atoms with Crippen LogP contribution in [0.5, 0.6) is 0 Å². The average molecular weight is 273 g/mol. The van der Waals surface area contributed by atoms with Gasteiger partial charge in [0.2, 0.25) is 0 Å². The average Bonchev–Trinajstić information content (AvgIpc) is 2.45. The van der Waals surface area contributed by atoms with Crippen molar-refractivity contribution in [2.24, 2.45) is 0 Å². The predicted molar refractivity (Wildman–Crippen MR) is 79.1 cm³/mol. The fourth-order valence-corrected chi connectivity index (χ4v) is 2.37. The molecule has 20 heavy (non-hydrogen) atoms. The minimum absolute atomic E-state index is 0.0448. The maximum Gasteiger partial charge on any atom is 0.123 e. The molecule has 0 heterocycles. The van der Waals surface area contributed by atoms with Gasteiger partial charge in [0.05, 0.1) is 6.10 Å². The molecule has 2 aromatic rings. The fourth-order valence-electron chi connectivity index (χ4n) is 2.37. The Balaban J connectivity index is 2.28. The molecule has 0 aromatic heterocycles. The van der Waals surface area contributed by atoms with Crippen molar-refractivity contribution in [3.63, 3.8) is 0 Å². The van der Waals surface area contributed by atoms with E-state index in [0.717, 1.165) is 17.7 Å². The van der Waals surface area contributed by atoms with Crippen molar-refractivity contribution >= 4 is 0 Å². The normalized spacial score (nSPS) is 14.2. The van der Waals surface area contributed by atoms with Crippen LogP contribution < -0.4 is 0 Å². The molecule has 0 saturated carbocycles. The molecule has 0 unspecified atom stereocenters. The lowest BCUT2D eigenvalue weighted by Crippen LogP contribution is -2.25. The van der Waals surface area contributed by atoms with E-state index in [1.807, 2.05) is 49.3 Å². The number of aliphatic hydroxyl groups excluding tert-OH is 1. The van der Waals surface area contributed by atoms with E-state index in [9.17, 15) is 9.50 Å². The Bertz CT molecular complexity index is 524. The number of aliphatic hydroxyl groups is 1. The van der Waals surface area contributed by atoms with Gasteiger partial charge >= 0.3 is 0 Å². The summed E-state index contributed by atoms with van der Waals surface area (Å²) in [5.74, 6) is -0.332. The number of hydrogen-bond acceptors (Lipinski definition) is 2. The molecule has 0 amide bonds. The first kappa shape index (κ1) is 14.7. The lowest BCUT2D eigenvalue weighted by molar-refractivity contribution is 0.128. The topological polar surface area (TPSA) is 23.5 Å². The molecule has 0 fully saturated rings. The van der Waals surface area contributed by atoms with Crippen molar-refractivity contribution < 1.29 is 9.50 Å². The van der Waals surface area contributed by atoms with Gasteiger partial charge in [0.1, 0.15) is 5.82 Å². The highest BCUT2D eigenvalue weighted by Gasteiger charge is 2.23. The Morgan fingerprint density at radius 2 is 1.55 bits per heavy atom. The zero-order chi connectivity index (χ0) is 14.5. The maximum atomic E-state index is 13.0. The van der Waals surface area contributed by atoms with Gasteiger partial charge in [-0.3, -0.25) is 0 Å². The monoisotopic (exact) mass is 273 g/mol. The summed E-state index contributed by atoms with van der Waals surface area (Å²) in [6.45, 7) is 0.725. The number of likely N-dealkylation sites (N-methyl/N-ethyl adjacent to an activating group) is 1. The van der Waals surface area contributed by atoms with Gasteiger partial charge in [-0.15, -0.1) is 0 Å². The van der Waals surface area contributed by atoms with Gasteiger partial charge in [-0.25, -0.2) is 4.39 Å². The zero-order valence-corrected chi connectivity index (χ0v) is 11.8. The van der Waals surface area contributed by atoms with Crippen LogP contribution in [0.3, 0.4) is 0 Å². The minimum atomic E-state index is -0.652. The van der Waals surface area contributed by atoms with E-state index in [2.05, 4.69) is 0 Å². The van der Waals surface area contributed by atoms with Crippen molar-refractivity contribution in [1.29, 1.82) is 0 Å². The Morgan fingerprint density at radius 3 is 2.10 bits per heavy atom. The third-order valence-corrected chi connectivity index (χ3v) is 3.38. The van der Waals surface area contributed by atoms with Gasteiger partial charge in [0.15, 0.2) is 0 Å². The molecule has 2 rings (SSSR count). The van der Waals surface area contributed by atoms with Gasteiger partial charge in [-0.1, -0.05) is 42.5 Å². The summed E-state index contributed by atoms with van der Waals surface area (Å²) in [5.41, 5.74) is 1.82. The standard InChI is InChI=1S/C17H20FNO/c1-19(2)12-16(13-6-4-3-5-7-13)17(20)14-8-10-15(18)11-9-14/h3-11,16-17,20H,12H2,1-2H3/t16-,17-/m1/s1. The lowest BCUT2D eigenvalue weighted by Gasteiger charge is -2.26. The first-order chi connectivity index (χ1) is 9.58. The fraction of sp³-hybridized carbons (Fsp3) is 0.294. The van der Waals surface area contributed by atoms with Crippen LogP contribution in [-0.4, -0.2) is 30.6 Å². The van der Waals surface area contributed by atoms with Crippen molar-refractivity contribution in [3.05, 3.63) is 71.5 Å². The zero-order valence-electron chi connectivity index (χ0n) is 11.8. The molecule has 106 valence electrons. The van der Waals surface area contributed by atoms with Crippen LogP contribution in [0, 0.1) is 5.82 Å². The molecule has 3 heteroatoms. The molecular weight excluding hydrogens is 253 g/mol. The van der Waals surface area contributed by atoms with E-state index >= 15 is 0 Å². The Kier molecular flexibility index (Phi) is 4.88. The molecule has 0 radical (unpaired) electrons. The Labute approximate surface area is 119 Å². The first-order valence-corrected chi connectivity index (χ1v) is 6.71. The van der Waals surface area contributed by atoms with Crippen molar-refractivity contribution in [2.75, 3.05) is 20.6 Å². The van der Waals surface area contributed by atoms with Crippen molar-refractivity contribution in [3.8, 4) is 0 Å². The van der Waals surface area contributed by atoms with Crippen LogP contribution in [0.15, 0.2) is 54.6 Å². The van der Waals surface area contributed by atoms with Crippen LogP contribution >= 0.6 is 0 Å². The number of nitrogens with zero attached hydrogens (tertiary/aromatic N) is 1. The quantitative estimate of drug-likeness (QED) is 0.904. The summed E-state index contributed by atoms with van der Waals surface area (Å²) in [6.07, 6.45) is -0.652. The second-order valence-corrected chi connectivity index (χ2v) is 5.28. The van der Waals surface area contributed by atoms with Gasteiger partial charge < -0.3 is 10.0 Å². The van der Waals surface area contributed by atoms with Gasteiger partial charge in [0, 0.05) is 12.5 Å². The molecule has 0 aliphatic carbocycles. The van der Waals surface area contributed by atoms with Gasteiger partial charge in [0.25, 0.3) is 0 Å². The van der Waals surface area contributed by atoms with Gasteiger partial charge in [-0.2, -0.15) is 0 Å². The minimum Gasteiger partial charge on any atom is -0.388 e. The summed E-state index contributed by atoms with van der Waals surface area (Å²) in [7, 11) is 3.96. The first-order valence-electron chi connectivity index (χ1n) is 6.71. The molecule has 0 saturated heterocycles. The molecule has 0 aliphatic rings. The van der Waals surface area contributed by atoms with E-state index in [1.54, 1.807) is 12.1 Å². The van der Waals surface area contributed by atoms with Crippen LogP contribution in [-0.2, 0) is 0 Å². The highest BCUT2D eigenvalue weighted by atomic mass is 19.1.